The molecule has 0 aliphatic heterocycles. The van der Waals surface area contributed by atoms with Crippen LogP contribution in [0.3, 0.4) is 0 Å². The molecule has 0 radical (unpaired) electrons. The average molecular weight is 136 g/mol. The molecule has 1 saturated carbocycles. The molecule has 0 spiro atoms. The van der Waals surface area contributed by atoms with Gasteiger partial charge in [-0.1, -0.05) is 19.9 Å². The Kier molecular flexibility index (Phi) is 0.936. The van der Waals surface area contributed by atoms with Gasteiger partial charge in [0.15, 0.2) is 5.78 Å². The molecule has 3 rings (SSSR count). The largest absolute Gasteiger partial charge is 0.295 e. The van der Waals surface area contributed by atoms with Crippen LogP contribution < -0.4 is 0 Å². The summed E-state index contributed by atoms with van der Waals surface area (Å²) in [5, 5.41) is 0. The van der Waals surface area contributed by atoms with Crippen molar-refractivity contribution in [1.82, 2.24) is 0 Å². The first-order chi connectivity index (χ1) is 4.62. The number of hydrogen-bond acceptors (Lipinski definition) is 1. The molecule has 0 heterocycles. The van der Waals surface area contributed by atoms with Crippen molar-refractivity contribution in [1.29, 1.82) is 0 Å². The zero-order valence-electron chi connectivity index (χ0n) is 6.42. The molecule has 3 aliphatic carbocycles. The first-order valence-electron chi connectivity index (χ1n) is 3.84. The minimum Gasteiger partial charge on any atom is -0.295 e. The van der Waals surface area contributed by atoms with Crippen LogP contribution in [-0.4, -0.2) is 5.78 Å². The van der Waals surface area contributed by atoms with Crippen molar-refractivity contribution < 1.29 is 4.79 Å². The van der Waals surface area contributed by atoms with Gasteiger partial charge in [0.1, 0.15) is 0 Å². The molecule has 0 saturated heterocycles. The van der Waals surface area contributed by atoms with Gasteiger partial charge in [0.2, 0.25) is 0 Å². The van der Waals surface area contributed by atoms with Crippen LogP contribution in [0.5, 0.6) is 0 Å². The lowest BCUT2D eigenvalue weighted by Gasteiger charge is -2.52. The Labute approximate surface area is 61.1 Å². The first kappa shape index (κ1) is 6.14. The van der Waals surface area contributed by atoms with Gasteiger partial charge in [-0.2, -0.15) is 0 Å². The van der Waals surface area contributed by atoms with E-state index in [1.165, 1.54) is 0 Å². The van der Waals surface area contributed by atoms with Crippen LogP contribution in [0.4, 0.5) is 0 Å². The summed E-state index contributed by atoms with van der Waals surface area (Å²) >= 11 is 0. The highest BCUT2D eigenvalue weighted by atomic mass is 16.1. The second kappa shape index (κ2) is 1.52. The molecule has 10 heavy (non-hydrogen) atoms. The number of allylic oxidation sites excluding steroid dienone is 2. The Morgan fingerprint density at radius 2 is 2.30 bits per heavy atom. The quantitative estimate of drug-likeness (QED) is 0.496. The van der Waals surface area contributed by atoms with Gasteiger partial charge in [0.05, 0.1) is 0 Å². The Balaban J connectivity index is 2.37. The van der Waals surface area contributed by atoms with Gasteiger partial charge in [0, 0.05) is 5.92 Å². The molecule has 0 aromatic heterocycles. The number of carbonyl (C=O) groups excluding carboxylic acids is 1. The van der Waals surface area contributed by atoms with Crippen LogP contribution in [0, 0.1) is 17.3 Å². The smallest absolute Gasteiger partial charge is 0.159 e. The van der Waals surface area contributed by atoms with Crippen LogP contribution in [0.25, 0.3) is 0 Å². The van der Waals surface area contributed by atoms with Crippen LogP contribution in [0.15, 0.2) is 12.2 Å². The van der Waals surface area contributed by atoms with Crippen molar-refractivity contribution in [2.75, 3.05) is 0 Å². The van der Waals surface area contributed by atoms with Gasteiger partial charge in [0.25, 0.3) is 0 Å². The fourth-order valence-corrected chi connectivity index (χ4v) is 2.10. The summed E-state index contributed by atoms with van der Waals surface area (Å²) in [6.45, 7) is 4.38. The summed E-state index contributed by atoms with van der Waals surface area (Å²) in [4.78, 5) is 11.2. The lowest BCUT2D eigenvalue weighted by Crippen LogP contribution is -2.50. The Bertz CT molecular complexity index is 213. The average Bonchev–Trinajstić information content (AvgIpc) is 1.87. The molecule has 3 aliphatic rings. The highest BCUT2D eigenvalue weighted by Crippen LogP contribution is 2.54. The zero-order valence-corrected chi connectivity index (χ0v) is 6.42. The van der Waals surface area contributed by atoms with Crippen molar-refractivity contribution in [2.24, 2.45) is 17.3 Å². The Morgan fingerprint density at radius 3 is 2.60 bits per heavy atom. The third-order valence-electron chi connectivity index (χ3n) is 3.18. The molecular weight excluding hydrogens is 124 g/mol. The molecule has 0 aromatic rings. The predicted molar refractivity (Wildman–Crippen MR) is 39.5 cm³/mol. The maximum absolute atomic E-state index is 11.2. The molecule has 1 fully saturated rings. The summed E-state index contributed by atoms with van der Waals surface area (Å²) < 4.78 is 0. The minimum atomic E-state index is 0.270. The van der Waals surface area contributed by atoms with Gasteiger partial charge in [-0.05, 0) is 23.8 Å². The SMILES string of the molecule is CC1(C)C2C=CC(=O)[C@@H]1C2. The number of fused-ring (bicyclic) bond motifs is 1. The normalized spacial score (nSPS) is 41.2. The van der Waals surface area contributed by atoms with Crippen molar-refractivity contribution in [2.45, 2.75) is 20.3 Å². The van der Waals surface area contributed by atoms with E-state index in [-0.39, 0.29) is 5.41 Å². The van der Waals surface area contributed by atoms with E-state index in [2.05, 4.69) is 19.9 Å². The second-order valence-corrected chi connectivity index (χ2v) is 3.98. The van der Waals surface area contributed by atoms with Crippen LogP contribution in [0.2, 0.25) is 0 Å². The van der Waals surface area contributed by atoms with E-state index in [1.807, 2.05) is 0 Å². The van der Waals surface area contributed by atoms with E-state index in [0.29, 0.717) is 17.6 Å². The fraction of sp³-hybridized carbons (Fsp3) is 0.667. The van der Waals surface area contributed by atoms with Crippen molar-refractivity contribution >= 4 is 5.78 Å². The highest BCUT2D eigenvalue weighted by molar-refractivity contribution is 5.94. The lowest BCUT2D eigenvalue weighted by molar-refractivity contribution is -0.132. The molecular formula is C9H12O. The van der Waals surface area contributed by atoms with Crippen LogP contribution >= 0.6 is 0 Å². The highest BCUT2D eigenvalue weighted by Gasteiger charge is 2.51. The van der Waals surface area contributed by atoms with E-state index >= 15 is 0 Å². The Morgan fingerprint density at radius 1 is 1.60 bits per heavy atom. The molecule has 2 atom stereocenters. The lowest BCUT2D eigenvalue weighted by atomic mass is 9.51. The molecule has 0 amide bonds. The maximum atomic E-state index is 11.2. The third-order valence-corrected chi connectivity index (χ3v) is 3.18. The summed E-state index contributed by atoms with van der Waals surface area (Å²) in [6.07, 6.45) is 4.93. The Hall–Kier alpha value is -0.590. The zero-order chi connectivity index (χ0) is 7.35. The first-order valence-corrected chi connectivity index (χ1v) is 3.84. The van der Waals surface area contributed by atoms with Crippen molar-refractivity contribution in [3.63, 3.8) is 0 Å². The minimum absolute atomic E-state index is 0.270. The number of carbonyl (C=O) groups is 1. The van der Waals surface area contributed by atoms with Crippen LogP contribution in [-0.2, 0) is 4.79 Å². The van der Waals surface area contributed by atoms with Crippen molar-refractivity contribution in [3.8, 4) is 0 Å². The summed E-state index contributed by atoms with van der Waals surface area (Å²) in [7, 11) is 0. The molecule has 0 N–H and O–H groups in total. The van der Waals surface area contributed by atoms with E-state index in [9.17, 15) is 4.79 Å². The van der Waals surface area contributed by atoms with E-state index < -0.39 is 0 Å². The monoisotopic (exact) mass is 136 g/mol. The molecule has 54 valence electrons. The van der Waals surface area contributed by atoms with E-state index in [1.54, 1.807) is 6.08 Å². The molecule has 1 nitrogen and oxygen atoms in total. The number of rotatable bonds is 0. The summed E-state index contributed by atoms with van der Waals surface area (Å²) in [5.74, 6) is 1.35. The van der Waals surface area contributed by atoms with Crippen LogP contribution in [0.1, 0.15) is 20.3 Å². The second-order valence-electron chi connectivity index (χ2n) is 3.98. The topological polar surface area (TPSA) is 17.1 Å². The number of hydrogen-bond donors (Lipinski definition) is 0. The van der Waals surface area contributed by atoms with Gasteiger partial charge in [-0.3, -0.25) is 4.79 Å². The molecule has 1 heteroatoms. The van der Waals surface area contributed by atoms with E-state index in [4.69, 9.17) is 0 Å². The fourth-order valence-electron chi connectivity index (χ4n) is 2.10. The van der Waals surface area contributed by atoms with Crippen molar-refractivity contribution in [3.05, 3.63) is 12.2 Å². The molecule has 2 bridgehead atoms. The summed E-state index contributed by atoms with van der Waals surface area (Å²) in [5.41, 5.74) is 0.270. The molecule has 1 unspecified atom stereocenters. The van der Waals surface area contributed by atoms with Gasteiger partial charge in [-0.25, -0.2) is 0 Å². The summed E-state index contributed by atoms with van der Waals surface area (Å²) in [6, 6.07) is 0. The maximum Gasteiger partial charge on any atom is 0.159 e. The predicted octanol–water partition coefficient (Wildman–Crippen LogP) is 1.79. The third kappa shape index (κ3) is 0.511. The van der Waals surface area contributed by atoms with Gasteiger partial charge >= 0.3 is 0 Å². The standard InChI is InChI=1S/C9H12O/c1-9(2)6-3-4-8(10)7(9)5-6/h3-4,6-7H,5H2,1-2H3/t6?,7-/m0/s1. The van der Waals surface area contributed by atoms with Gasteiger partial charge in [-0.15, -0.1) is 0 Å². The van der Waals surface area contributed by atoms with Gasteiger partial charge < -0.3 is 0 Å². The molecule has 0 aromatic carbocycles. The van der Waals surface area contributed by atoms with E-state index in [0.717, 1.165) is 6.42 Å². The number of ketones is 1.